The molecule has 100 valence electrons. The lowest BCUT2D eigenvalue weighted by molar-refractivity contribution is -0.122. The highest BCUT2D eigenvalue weighted by molar-refractivity contribution is 7.13. The Balaban J connectivity index is 1.92. The van der Waals surface area contributed by atoms with Gasteiger partial charge in [0.25, 0.3) is 5.91 Å². The number of amides is 1. The van der Waals surface area contributed by atoms with Crippen LogP contribution in [0.5, 0.6) is 11.5 Å². The van der Waals surface area contributed by atoms with Crippen molar-refractivity contribution in [3.63, 3.8) is 0 Å². The van der Waals surface area contributed by atoms with Crippen molar-refractivity contribution < 1.29 is 14.3 Å². The molecule has 1 atom stereocenters. The van der Waals surface area contributed by atoms with Gasteiger partial charge in [0.15, 0.2) is 11.2 Å². The highest BCUT2D eigenvalue weighted by Gasteiger charge is 2.15. The van der Waals surface area contributed by atoms with E-state index in [-0.39, 0.29) is 5.91 Å². The summed E-state index contributed by atoms with van der Waals surface area (Å²) >= 11 is 1.36. The Morgan fingerprint density at radius 1 is 1.32 bits per heavy atom. The predicted octanol–water partition coefficient (Wildman–Crippen LogP) is 2.56. The summed E-state index contributed by atoms with van der Waals surface area (Å²) in [5.74, 6) is 1.13. The van der Waals surface area contributed by atoms with E-state index in [2.05, 4.69) is 10.3 Å². The molecule has 2 aromatic rings. The molecule has 0 aliphatic rings. The highest BCUT2D eigenvalue weighted by atomic mass is 32.1. The number of methoxy groups -OCH3 is 1. The molecule has 0 fully saturated rings. The minimum Gasteiger partial charge on any atom is -0.497 e. The van der Waals surface area contributed by atoms with Crippen molar-refractivity contribution in [1.29, 1.82) is 0 Å². The maximum absolute atomic E-state index is 11.8. The van der Waals surface area contributed by atoms with E-state index in [1.54, 1.807) is 49.9 Å². The van der Waals surface area contributed by atoms with Gasteiger partial charge in [0.2, 0.25) is 0 Å². The molecular weight excluding hydrogens is 264 g/mol. The van der Waals surface area contributed by atoms with Gasteiger partial charge in [-0.05, 0) is 31.2 Å². The first-order chi connectivity index (χ1) is 9.19. The third-order valence-electron chi connectivity index (χ3n) is 2.40. The molecule has 0 saturated heterocycles. The third-order valence-corrected chi connectivity index (χ3v) is 3.09. The fraction of sp³-hybridized carbons (Fsp3) is 0.231. The maximum atomic E-state index is 11.8. The van der Waals surface area contributed by atoms with E-state index in [4.69, 9.17) is 9.47 Å². The minimum absolute atomic E-state index is 0.231. The molecule has 0 unspecified atom stereocenters. The van der Waals surface area contributed by atoms with Crippen LogP contribution < -0.4 is 14.8 Å². The number of carbonyl (C=O) groups is 1. The van der Waals surface area contributed by atoms with Crippen LogP contribution in [0.4, 0.5) is 5.13 Å². The van der Waals surface area contributed by atoms with Crippen molar-refractivity contribution in [3.05, 3.63) is 35.8 Å². The molecule has 0 aliphatic carbocycles. The van der Waals surface area contributed by atoms with Gasteiger partial charge in [-0.15, -0.1) is 11.3 Å². The molecule has 2 rings (SSSR count). The number of carbonyl (C=O) groups excluding carboxylic acids is 1. The van der Waals surface area contributed by atoms with E-state index >= 15 is 0 Å². The fourth-order valence-electron chi connectivity index (χ4n) is 1.40. The Labute approximate surface area is 115 Å². The Kier molecular flexibility index (Phi) is 4.35. The molecule has 5 nitrogen and oxygen atoms in total. The molecule has 0 radical (unpaired) electrons. The average Bonchev–Trinajstić information content (AvgIpc) is 2.92. The lowest BCUT2D eigenvalue weighted by atomic mass is 10.3. The van der Waals surface area contributed by atoms with Crippen LogP contribution in [0.3, 0.4) is 0 Å². The number of hydrogen-bond donors (Lipinski definition) is 1. The second-order valence-electron chi connectivity index (χ2n) is 3.76. The Morgan fingerprint density at radius 3 is 2.58 bits per heavy atom. The van der Waals surface area contributed by atoms with Gasteiger partial charge < -0.3 is 9.47 Å². The first kappa shape index (κ1) is 13.4. The zero-order chi connectivity index (χ0) is 13.7. The molecule has 0 saturated carbocycles. The van der Waals surface area contributed by atoms with Crippen molar-refractivity contribution in [2.75, 3.05) is 12.4 Å². The SMILES string of the molecule is COc1ccc(O[C@H](C)C(=O)Nc2nccs2)cc1. The Morgan fingerprint density at radius 2 is 2.00 bits per heavy atom. The highest BCUT2D eigenvalue weighted by Crippen LogP contribution is 2.18. The quantitative estimate of drug-likeness (QED) is 0.913. The summed E-state index contributed by atoms with van der Waals surface area (Å²) in [5.41, 5.74) is 0. The van der Waals surface area contributed by atoms with Crippen LogP contribution >= 0.6 is 11.3 Å². The average molecular weight is 278 g/mol. The van der Waals surface area contributed by atoms with Gasteiger partial charge in [-0.2, -0.15) is 0 Å². The van der Waals surface area contributed by atoms with Crippen LogP contribution in [0.15, 0.2) is 35.8 Å². The molecule has 1 aromatic heterocycles. The Hall–Kier alpha value is -2.08. The van der Waals surface area contributed by atoms with Gasteiger partial charge in [0.1, 0.15) is 11.5 Å². The lowest BCUT2D eigenvalue weighted by Crippen LogP contribution is -2.30. The van der Waals surface area contributed by atoms with Crippen molar-refractivity contribution in [3.8, 4) is 11.5 Å². The van der Waals surface area contributed by atoms with E-state index < -0.39 is 6.10 Å². The fourth-order valence-corrected chi connectivity index (χ4v) is 1.94. The first-order valence-corrected chi connectivity index (χ1v) is 6.58. The van der Waals surface area contributed by atoms with Crippen LogP contribution in [0.25, 0.3) is 0 Å². The summed E-state index contributed by atoms with van der Waals surface area (Å²) in [6, 6.07) is 7.07. The number of anilines is 1. The van der Waals surface area contributed by atoms with Gasteiger partial charge in [-0.25, -0.2) is 4.98 Å². The standard InChI is InChI=1S/C13H14N2O3S/c1-9(12(16)15-13-14-7-8-19-13)18-11-5-3-10(17-2)4-6-11/h3-9H,1-2H3,(H,14,15,16)/t9-/m1/s1. The third kappa shape index (κ3) is 3.69. The van der Waals surface area contributed by atoms with Gasteiger partial charge in [-0.1, -0.05) is 0 Å². The normalized spacial score (nSPS) is 11.7. The molecule has 0 aliphatic heterocycles. The maximum Gasteiger partial charge on any atom is 0.266 e. The van der Waals surface area contributed by atoms with Crippen LogP contribution in [-0.2, 0) is 4.79 Å². The number of nitrogens with one attached hydrogen (secondary N) is 1. The molecule has 1 amide bonds. The van der Waals surface area contributed by atoms with E-state index in [1.807, 2.05) is 0 Å². The first-order valence-electron chi connectivity index (χ1n) is 5.70. The summed E-state index contributed by atoms with van der Waals surface area (Å²) in [5, 5.41) is 5.04. The molecule has 1 N–H and O–H groups in total. The number of rotatable bonds is 5. The molecule has 19 heavy (non-hydrogen) atoms. The van der Waals surface area contributed by atoms with Gasteiger partial charge >= 0.3 is 0 Å². The zero-order valence-electron chi connectivity index (χ0n) is 10.6. The van der Waals surface area contributed by atoms with Gasteiger partial charge in [-0.3, -0.25) is 10.1 Å². The van der Waals surface area contributed by atoms with Crippen LogP contribution in [0.1, 0.15) is 6.92 Å². The molecule has 6 heteroatoms. The molecule has 0 bridgehead atoms. The van der Waals surface area contributed by atoms with E-state index in [1.165, 1.54) is 11.3 Å². The summed E-state index contributed by atoms with van der Waals surface area (Å²) in [6.07, 6.45) is 1.03. The zero-order valence-corrected chi connectivity index (χ0v) is 11.4. The topological polar surface area (TPSA) is 60.5 Å². The van der Waals surface area contributed by atoms with Crippen LogP contribution in [-0.4, -0.2) is 24.1 Å². The Bertz CT molecular complexity index is 525. The number of nitrogens with zero attached hydrogens (tertiary/aromatic N) is 1. The smallest absolute Gasteiger partial charge is 0.266 e. The van der Waals surface area contributed by atoms with Gasteiger partial charge in [0.05, 0.1) is 7.11 Å². The largest absolute Gasteiger partial charge is 0.497 e. The number of benzene rings is 1. The van der Waals surface area contributed by atoms with E-state index in [9.17, 15) is 4.79 Å². The van der Waals surface area contributed by atoms with E-state index in [0.717, 1.165) is 5.75 Å². The summed E-state index contributed by atoms with van der Waals surface area (Å²) in [7, 11) is 1.60. The summed E-state index contributed by atoms with van der Waals surface area (Å²) in [4.78, 5) is 15.8. The number of hydrogen-bond acceptors (Lipinski definition) is 5. The van der Waals surface area contributed by atoms with Crippen molar-refractivity contribution >= 4 is 22.4 Å². The van der Waals surface area contributed by atoms with Gasteiger partial charge in [0, 0.05) is 11.6 Å². The summed E-state index contributed by atoms with van der Waals surface area (Å²) < 4.78 is 10.6. The van der Waals surface area contributed by atoms with Crippen LogP contribution in [0, 0.1) is 0 Å². The molecule has 1 heterocycles. The number of ether oxygens (including phenoxy) is 2. The van der Waals surface area contributed by atoms with Crippen molar-refractivity contribution in [1.82, 2.24) is 4.98 Å². The summed E-state index contributed by atoms with van der Waals surface area (Å²) in [6.45, 7) is 1.69. The lowest BCUT2D eigenvalue weighted by Gasteiger charge is -2.13. The van der Waals surface area contributed by atoms with Crippen molar-refractivity contribution in [2.24, 2.45) is 0 Å². The van der Waals surface area contributed by atoms with E-state index in [0.29, 0.717) is 10.9 Å². The number of thiazole rings is 1. The number of aromatic nitrogens is 1. The second-order valence-corrected chi connectivity index (χ2v) is 4.66. The second kappa shape index (κ2) is 6.19. The monoisotopic (exact) mass is 278 g/mol. The van der Waals surface area contributed by atoms with Crippen molar-refractivity contribution in [2.45, 2.75) is 13.0 Å². The predicted molar refractivity (Wildman–Crippen MR) is 73.8 cm³/mol. The minimum atomic E-state index is -0.600. The molecule has 0 spiro atoms. The molecular formula is C13H14N2O3S. The molecule has 1 aromatic carbocycles. The van der Waals surface area contributed by atoms with Crippen LogP contribution in [0.2, 0.25) is 0 Å².